The number of thiocarbonyl (C=S) groups is 1. The Morgan fingerprint density at radius 1 is 1.38 bits per heavy atom. The lowest BCUT2D eigenvalue weighted by atomic mass is 10.3. The molecule has 0 spiro atoms. The van der Waals surface area contributed by atoms with E-state index in [2.05, 4.69) is 15.5 Å². The molecule has 116 valence electrons. The minimum absolute atomic E-state index is 0.324. The number of hydrogen-bond acceptors (Lipinski definition) is 3. The molecule has 0 saturated carbocycles. The molecular formula is C14H19ClFN3OS. The molecule has 0 atom stereocenters. The summed E-state index contributed by atoms with van der Waals surface area (Å²) in [6, 6.07) is 4.44. The SMILES string of the molecule is Fc1cc(Cl)ccc1NC(=S)NCCCN1CCOCC1. The highest BCUT2D eigenvalue weighted by Crippen LogP contribution is 2.18. The molecule has 1 aliphatic heterocycles. The number of ether oxygens (including phenoxy) is 1. The van der Waals surface area contributed by atoms with Crippen molar-refractivity contribution in [2.45, 2.75) is 6.42 Å². The molecule has 1 saturated heterocycles. The summed E-state index contributed by atoms with van der Waals surface area (Å²) >= 11 is 10.8. The molecule has 1 heterocycles. The Morgan fingerprint density at radius 2 is 2.14 bits per heavy atom. The van der Waals surface area contributed by atoms with E-state index in [1.807, 2.05) is 0 Å². The maximum Gasteiger partial charge on any atom is 0.170 e. The zero-order chi connectivity index (χ0) is 15.1. The van der Waals surface area contributed by atoms with E-state index in [1.54, 1.807) is 12.1 Å². The van der Waals surface area contributed by atoms with Crippen molar-refractivity contribution in [1.82, 2.24) is 10.2 Å². The lowest BCUT2D eigenvalue weighted by molar-refractivity contribution is 0.0376. The van der Waals surface area contributed by atoms with Crippen LogP contribution in [-0.2, 0) is 4.74 Å². The predicted octanol–water partition coefficient (Wildman–Crippen LogP) is 2.49. The van der Waals surface area contributed by atoms with Crippen molar-refractivity contribution in [3.8, 4) is 0 Å². The van der Waals surface area contributed by atoms with Gasteiger partial charge in [-0.3, -0.25) is 4.90 Å². The number of halogens is 2. The number of anilines is 1. The first-order valence-corrected chi connectivity index (χ1v) is 7.74. The number of morpholine rings is 1. The molecule has 1 fully saturated rings. The van der Waals surface area contributed by atoms with Crippen molar-refractivity contribution >= 4 is 34.6 Å². The second-order valence-corrected chi connectivity index (χ2v) is 5.66. The van der Waals surface area contributed by atoms with Crippen LogP contribution >= 0.6 is 23.8 Å². The van der Waals surface area contributed by atoms with E-state index in [0.717, 1.165) is 45.8 Å². The van der Waals surface area contributed by atoms with Crippen molar-refractivity contribution in [2.75, 3.05) is 44.7 Å². The first-order chi connectivity index (χ1) is 10.1. The number of nitrogens with one attached hydrogen (secondary N) is 2. The normalized spacial score (nSPS) is 15.7. The van der Waals surface area contributed by atoms with Crippen LogP contribution in [0.25, 0.3) is 0 Å². The summed E-state index contributed by atoms with van der Waals surface area (Å²) in [6.07, 6.45) is 0.977. The summed E-state index contributed by atoms with van der Waals surface area (Å²) in [5.74, 6) is -0.417. The molecule has 0 amide bonds. The molecule has 0 aliphatic carbocycles. The Morgan fingerprint density at radius 3 is 2.86 bits per heavy atom. The van der Waals surface area contributed by atoms with E-state index in [4.69, 9.17) is 28.6 Å². The van der Waals surface area contributed by atoms with Gasteiger partial charge in [-0.05, 0) is 43.4 Å². The van der Waals surface area contributed by atoms with E-state index in [1.165, 1.54) is 6.07 Å². The number of nitrogens with zero attached hydrogens (tertiary/aromatic N) is 1. The fourth-order valence-corrected chi connectivity index (χ4v) is 2.46. The van der Waals surface area contributed by atoms with Crippen LogP contribution < -0.4 is 10.6 Å². The molecule has 1 aliphatic rings. The van der Waals surface area contributed by atoms with Crippen LogP contribution in [0, 0.1) is 5.82 Å². The smallest absolute Gasteiger partial charge is 0.170 e. The average molecular weight is 332 g/mol. The molecule has 0 aromatic heterocycles. The van der Waals surface area contributed by atoms with Gasteiger partial charge in [0.05, 0.1) is 18.9 Å². The Labute approximate surface area is 134 Å². The van der Waals surface area contributed by atoms with Crippen molar-refractivity contribution in [3.05, 3.63) is 29.0 Å². The van der Waals surface area contributed by atoms with Gasteiger partial charge in [0.15, 0.2) is 5.11 Å². The molecule has 7 heteroatoms. The van der Waals surface area contributed by atoms with E-state index in [-0.39, 0.29) is 0 Å². The first-order valence-electron chi connectivity index (χ1n) is 6.95. The van der Waals surface area contributed by atoms with Crippen LogP contribution in [-0.4, -0.2) is 49.4 Å². The molecule has 0 bridgehead atoms. The maximum atomic E-state index is 13.6. The van der Waals surface area contributed by atoms with Gasteiger partial charge < -0.3 is 15.4 Å². The standard InChI is InChI=1S/C14H19ClFN3OS/c15-11-2-3-13(12(16)10-11)18-14(21)17-4-1-5-19-6-8-20-9-7-19/h2-3,10H,1,4-9H2,(H2,17,18,21). The van der Waals surface area contributed by atoms with Gasteiger partial charge in [0.25, 0.3) is 0 Å². The Bertz CT molecular complexity index is 483. The highest BCUT2D eigenvalue weighted by Gasteiger charge is 2.09. The third-order valence-electron chi connectivity index (χ3n) is 3.22. The number of benzene rings is 1. The summed E-state index contributed by atoms with van der Waals surface area (Å²) in [5, 5.41) is 6.68. The monoisotopic (exact) mass is 331 g/mol. The fourth-order valence-electron chi connectivity index (χ4n) is 2.09. The molecular weight excluding hydrogens is 313 g/mol. The molecule has 1 aromatic carbocycles. The molecule has 2 N–H and O–H groups in total. The minimum atomic E-state index is -0.417. The second-order valence-electron chi connectivity index (χ2n) is 4.81. The van der Waals surface area contributed by atoms with Crippen LogP contribution in [0.2, 0.25) is 5.02 Å². The Kier molecular flexibility index (Phi) is 6.63. The summed E-state index contributed by atoms with van der Waals surface area (Å²) in [7, 11) is 0. The van der Waals surface area contributed by atoms with Gasteiger partial charge in [-0.15, -0.1) is 0 Å². The van der Waals surface area contributed by atoms with Gasteiger partial charge >= 0.3 is 0 Å². The van der Waals surface area contributed by atoms with Crippen molar-refractivity contribution < 1.29 is 9.13 Å². The third kappa shape index (κ3) is 5.74. The molecule has 0 radical (unpaired) electrons. The van der Waals surface area contributed by atoms with Crippen molar-refractivity contribution in [1.29, 1.82) is 0 Å². The maximum absolute atomic E-state index is 13.6. The summed E-state index contributed by atoms with van der Waals surface area (Å²) in [4.78, 5) is 2.36. The summed E-state index contributed by atoms with van der Waals surface area (Å²) < 4.78 is 18.9. The molecule has 1 aromatic rings. The second kappa shape index (κ2) is 8.48. The zero-order valence-electron chi connectivity index (χ0n) is 11.7. The molecule has 0 unspecified atom stereocenters. The van der Waals surface area contributed by atoms with Gasteiger partial charge in [0.1, 0.15) is 5.82 Å². The largest absolute Gasteiger partial charge is 0.379 e. The number of hydrogen-bond donors (Lipinski definition) is 2. The third-order valence-corrected chi connectivity index (χ3v) is 3.70. The zero-order valence-corrected chi connectivity index (χ0v) is 13.3. The minimum Gasteiger partial charge on any atom is -0.379 e. The number of rotatable bonds is 5. The summed E-state index contributed by atoms with van der Waals surface area (Å²) in [6.45, 7) is 5.34. The summed E-state index contributed by atoms with van der Waals surface area (Å²) in [5.41, 5.74) is 0.324. The Balaban J connectivity index is 1.65. The van der Waals surface area contributed by atoms with Crippen LogP contribution in [0.5, 0.6) is 0 Å². The van der Waals surface area contributed by atoms with E-state index < -0.39 is 5.82 Å². The lowest BCUT2D eigenvalue weighted by Gasteiger charge is -2.26. The van der Waals surface area contributed by atoms with Gasteiger partial charge in [0, 0.05) is 24.7 Å². The lowest BCUT2D eigenvalue weighted by Crippen LogP contribution is -2.38. The quantitative estimate of drug-likeness (QED) is 0.640. The first kappa shape index (κ1) is 16.4. The molecule has 21 heavy (non-hydrogen) atoms. The van der Waals surface area contributed by atoms with Crippen LogP contribution in [0.15, 0.2) is 18.2 Å². The average Bonchev–Trinajstić information content (AvgIpc) is 2.48. The van der Waals surface area contributed by atoms with Gasteiger partial charge in [0.2, 0.25) is 0 Å². The van der Waals surface area contributed by atoms with E-state index >= 15 is 0 Å². The topological polar surface area (TPSA) is 36.5 Å². The van der Waals surface area contributed by atoms with Gasteiger partial charge in [-0.2, -0.15) is 0 Å². The van der Waals surface area contributed by atoms with Crippen molar-refractivity contribution in [3.63, 3.8) is 0 Å². The predicted molar refractivity (Wildman–Crippen MR) is 87.5 cm³/mol. The van der Waals surface area contributed by atoms with Crippen molar-refractivity contribution in [2.24, 2.45) is 0 Å². The highest BCUT2D eigenvalue weighted by molar-refractivity contribution is 7.80. The van der Waals surface area contributed by atoms with Gasteiger partial charge in [-0.25, -0.2) is 4.39 Å². The van der Waals surface area contributed by atoms with Crippen LogP contribution in [0.1, 0.15) is 6.42 Å². The van der Waals surface area contributed by atoms with Crippen LogP contribution in [0.3, 0.4) is 0 Å². The molecule has 2 rings (SSSR count). The fraction of sp³-hybridized carbons (Fsp3) is 0.500. The molecule has 4 nitrogen and oxygen atoms in total. The van der Waals surface area contributed by atoms with E-state index in [0.29, 0.717) is 15.8 Å². The Hall–Kier alpha value is -0.950. The van der Waals surface area contributed by atoms with Gasteiger partial charge in [-0.1, -0.05) is 11.6 Å². The highest BCUT2D eigenvalue weighted by atomic mass is 35.5. The van der Waals surface area contributed by atoms with Crippen LogP contribution in [0.4, 0.5) is 10.1 Å². The van der Waals surface area contributed by atoms with E-state index in [9.17, 15) is 4.39 Å².